The standard InChI is InChI=1S/C14H18N2/c1-3-7-11-12(8-4-2)16-14-10-6-5-9-13(14)15-11/h3-6,9-12,15-16H,1-2,7-8H2. The number of nitrogens with one attached hydrogen (secondary N) is 2. The van der Waals surface area contributed by atoms with E-state index in [1.165, 1.54) is 11.4 Å². The summed E-state index contributed by atoms with van der Waals surface area (Å²) in [7, 11) is 0. The van der Waals surface area contributed by atoms with Gasteiger partial charge in [0.25, 0.3) is 0 Å². The van der Waals surface area contributed by atoms with E-state index in [4.69, 9.17) is 0 Å². The number of hydrogen-bond donors (Lipinski definition) is 2. The fourth-order valence-corrected chi connectivity index (χ4v) is 2.14. The second-order valence-corrected chi connectivity index (χ2v) is 4.10. The van der Waals surface area contributed by atoms with Crippen molar-refractivity contribution in [2.24, 2.45) is 0 Å². The van der Waals surface area contributed by atoms with Crippen LogP contribution in [0.5, 0.6) is 0 Å². The molecule has 0 spiro atoms. The number of anilines is 2. The largest absolute Gasteiger partial charge is 0.378 e. The van der Waals surface area contributed by atoms with Crippen molar-refractivity contribution < 1.29 is 0 Å². The molecule has 0 amide bonds. The van der Waals surface area contributed by atoms with Crippen molar-refractivity contribution in [2.45, 2.75) is 24.9 Å². The monoisotopic (exact) mass is 214 g/mol. The normalized spacial score (nSPS) is 22.5. The molecule has 0 radical (unpaired) electrons. The van der Waals surface area contributed by atoms with Gasteiger partial charge in [-0.3, -0.25) is 0 Å². The predicted octanol–water partition coefficient (Wildman–Crippen LogP) is 3.41. The molecule has 2 atom stereocenters. The van der Waals surface area contributed by atoms with Gasteiger partial charge in [0, 0.05) is 0 Å². The molecular formula is C14H18N2. The third kappa shape index (κ3) is 2.11. The van der Waals surface area contributed by atoms with Crippen LogP contribution in [0.25, 0.3) is 0 Å². The summed E-state index contributed by atoms with van der Waals surface area (Å²) in [5, 5.41) is 7.10. The summed E-state index contributed by atoms with van der Waals surface area (Å²) in [6.45, 7) is 7.62. The summed E-state index contributed by atoms with van der Waals surface area (Å²) < 4.78 is 0. The van der Waals surface area contributed by atoms with Crippen molar-refractivity contribution in [1.82, 2.24) is 0 Å². The van der Waals surface area contributed by atoms with Crippen LogP contribution in [-0.4, -0.2) is 12.1 Å². The second kappa shape index (κ2) is 4.88. The highest BCUT2D eigenvalue weighted by Crippen LogP contribution is 2.30. The first-order valence-electron chi connectivity index (χ1n) is 5.69. The molecule has 0 aliphatic carbocycles. The first-order valence-corrected chi connectivity index (χ1v) is 5.69. The Kier molecular flexibility index (Phi) is 3.30. The zero-order chi connectivity index (χ0) is 11.4. The van der Waals surface area contributed by atoms with Gasteiger partial charge < -0.3 is 10.6 Å². The third-order valence-electron chi connectivity index (χ3n) is 2.94. The molecule has 2 nitrogen and oxygen atoms in total. The average Bonchev–Trinajstić information content (AvgIpc) is 2.30. The van der Waals surface area contributed by atoms with Gasteiger partial charge in [-0.05, 0) is 25.0 Å². The summed E-state index contributed by atoms with van der Waals surface area (Å²) in [5.41, 5.74) is 2.35. The highest BCUT2D eigenvalue weighted by atomic mass is 15.1. The quantitative estimate of drug-likeness (QED) is 0.750. The summed E-state index contributed by atoms with van der Waals surface area (Å²) in [6, 6.07) is 9.08. The molecule has 1 aliphatic rings. The lowest BCUT2D eigenvalue weighted by Crippen LogP contribution is -2.42. The van der Waals surface area contributed by atoms with Gasteiger partial charge in [0.2, 0.25) is 0 Å². The summed E-state index contributed by atoms with van der Waals surface area (Å²) in [6.07, 6.45) is 5.84. The maximum Gasteiger partial charge on any atom is 0.0579 e. The summed E-state index contributed by atoms with van der Waals surface area (Å²) in [4.78, 5) is 0. The molecule has 2 N–H and O–H groups in total. The lowest BCUT2D eigenvalue weighted by Gasteiger charge is -2.35. The highest BCUT2D eigenvalue weighted by Gasteiger charge is 2.24. The van der Waals surface area contributed by atoms with Gasteiger partial charge in [0.15, 0.2) is 0 Å². The Morgan fingerprint density at radius 1 is 0.938 bits per heavy atom. The van der Waals surface area contributed by atoms with Gasteiger partial charge in [-0.15, -0.1) is 13.2 Å². The first kappa shape index (κ1) is 10.8. The molecule has 0 saturated heterocycles. The van der Waals surface area contributed by atoms with E-state index < -0.39 is 0 Å². The van der Waals surface area contributed by atoms with Gasteiger partial charge in [-0.25, -0.2) is 0 Å². The van der Waals surface area contributed by atoms with Crippen molar-refractivity contribution in [2.75, 3.05) is 10.6 Å². The smallest absolute Gasteiger partial charge is 0.0579 e. The number of para-hydroxylation sites is 2. The van der Waals surface area contributed by atoms with Crippen LogP contribution in [-0.2, 0) is 0 Å². The van der Waals surface area contributed by atoms with Crippen molar-refractivity contribution in [3.8, 4) is 0 Å². The van der Waals surface area contributed by atoms with Crippen LogP contribution in [0.2, 0.25) is 0 Å². The van der Waals surface area contributed by atoms with Crippen LogP contribution in [0.3, 0.4) is 0 Å². The van der Waals surface area contributed by atoms with Gasteiger partial charge in [0.05, 0.1) is 23.5 Å². The minimum atomic E-state index is 0.394. The molecule has 2 unspecified atom stereocenters. The van der Waals surface area contributed by atoms with E-state index in [1.54, 1.807) is 0 Å². The molecule has 0 bridgehead atoms. The molecule has 84 valence electrons. The molecule has 1 aromatic rings. The van der Waals surface area contributed by atoms with E-state index in [0.717, 1.165) is 12.8 Å². The topological polar surface area (TPSA) is 24.1 Å². The van der Waals surface area contributed by atoms with E-state index in [1.807, 2.05) is 24.3 Å². The molecule has 0 aromatic heterocycles. The number of benzene rings is 1. The lowest BCUT2D eigenvalue weighted by atomic mass is 9.97. The molecule has 1 heterocycles. The Labute approximate surface area is 97.1 Å². The fourth-order valence-electron chi connectivity index (χ4n) is 2.14. The van der Waals surface area contributed by atoms with Gasteiger partial charge in [0.1, 0.15) is 0 Å². The Morgan fingerprint density at radius 2 is 1.38 bits per heavy atom. The number of hydrogen-bond acceptors (Lipinski definition) is 2. The first-order chi connectivity index (χ1) is 7.85. The Bertz CT molecular complexity index is 347. The second-order valence-electron chi connectivity index (χ2n) is 4.10. The number of fused-ring (bicyclic) bond motifs is 1. The van der Waals surface area contributed by atoms with Gasteiger partial charge in [-0.2, -0.15) is 0 Å². The van der Waals surface area contributed by atoms with Crippen LogP contribution >= 0.6 is 0 Å². The lowest BCUT2D eigenvalue weighted by molar-refractivity contribution is 0.587. The molecule has 2 heteroatoms. The zero-order valence-electron chi connectivity index (χ0n) is 9.45. The van der Waals surface area contributed by atoms with Crippen LogP contribution in [0.4, 0.5) is 11.4 Å². The van der Waals surface area contributed by atoms with Crippen molar-refractivity contribution >= 4 is 11.4 Å². The van der Waals surface area contributed by atoms with Crippen molar-refractivity contribution in [3.05, 3.63) is 49.6 Å². The van der Waals surface area contributed by atoms with E-state index in [2.05, 4.69) is 35.9 Å². The SMILES string of the molecule is C=CCC1Nc2ccccc2NC1CC=C. The van der Waals surface area contributed by atoms with Crippen LogP contribution in [0, 0.1) is 0 Å². The van der Waals surface area contributed by atoms with E-state index in [0.29, 0.717) is 12.1 Å². The minimum Gasteiger partial charge on any atom is -0.378 e. The Hall–Kier alpha value is -1.70. The fraction of sp³-hybridized carbons (Fsp3) is 0.286. The van der Waals surface area contributed by atoms with Crippen molar-refractivity contribution in [3.63, 3.8) is 0 Å². The average molecular weight is 214 g/mol. The van der Waals surface area contributed by atoms with E-state index >= 15 is 0 Å². The molecule has 1 aromatic carbocycles. The van der Waals surface area contributed by atoms with Crippen LogP contribution in [0.15, 0.2) is 49.6 Å². The summed E-state index contributed by atoms with van der Waals surface area (Å²) >= 11 is 0. The van der Waals surface area contributed by atoms with E-state index in [-0.39, 0.29) is 0 Å². The van der Waals surface area contributed by atoms with Crippen molar-refractivity contribution in [1.29, 1.82) is 0 Å². The molecule has 16 heavy (non-hydrogen) atoms. The van der Waals surface area contributed by atoms with Crippen LogP contribution < -0.4 is 10.6 Å². The summed E-state index contributed by atoms with van der Waals surface area (Å²) in [5.74, 6) is 0. The molecule has 0 saturated carbocycles. The molecule has 2 rings (SSSR count). The zero-order valence-corrected chi connectivity index (χ0v) is 9.45. The maximum absolute atomic E-state index is 3.81. The molecular weight excluding hydrogens is 196 g/mol. The predicted molar refractivity (Wildman–Crippen MR) is 70.9 cm³/mol. The highest BCUT2D eigenvalue weighted by molar-refractivity contribution is 5.71. The Balaban J connectivity index is 2.21. The molecule has 0 fully saturated rings. The number of rotatable bonds is 4. The van der Waals surface area contributed by atoms with Gasteiger partial charge >= 0.3 is 0 Å². The van der Waals surface area contributed by atoms with Crippen LogP contribution in [0.1, 0.15) is 12.8 Å². The Morgan fingerprint density at radius 3 is 1.75 bits per heavy atom. The third-order valence-corrected chi connectivity index (χ3v) is 2.94. The minimum absolute atomic E-state index is 0.394. The molecule has 1 aliphatic heterocycles. The van der Waals surface area contributed by atoms with E-state index in [9.17, 15) is 0 Å². The van der Waals surface area contributed by atoms with Gasteiger partial charge in [-0.1, -0.05) is 24.3 Å². The maximum atomic E-state index is 3.81.